The van der Waals surface area contributed by atoms with Crippen molar-refractivity contribution in [2.45, 2.75) is 116 Å². The van der Waals surface area contributed by atoms with Crippen molar-refractivity contribution in [2.24, 2.45) is 0 Å². The summed E-state index contributed by atoms with van der Waals surface area (Å²) in [6.07, 6.45) is 16.7. The first kappa shape index (κ1) is 22.9. The van der Waals surface area contributed by atoms with Gasteiger partial charge in [0.25, 0.3) is 0 Å². The van der Waals surface area contributed by atoms with Crippen molar-refractivity contribution in [1.82, 2.24) is 5.32 Å². The molecule has 0 aliphatic heterocycles. The highest BCUT2D eigenvalue weighted by Crippen LogP contribution is 2.14. The molecular weight excluding hydrogens is 302 g/mol. The second kappa shape index (κ2) is 16.8. The first-order chi connectivity index (χ1) is 11.6. The maximum atomic E-state index is 11.3. The fraction of sp³-hybridized carbons (Fsp3) is 0.900. The number of carbonyl (C=O) groups is 2. The zero-order chi connectivity index (χ0) is 18.0. The molecule has 0 unspecified atom stereocenters. The van der Waals surface area contributed by atoms with Gasteiger partial charge in [-0.2, -0.15) is 0 Å². The predicted octanol–water partition coefficient (Wildman–Crippen LogP) is 5.45. The second-order valence-electron chi connectivity index (χ2n) is 7.01. The van der Waals surface area contributed by atoms with Crippen LogP contribution in [0.25, 0.3) is 0 Å². The van der Waals surface area contributed by atoms with Gasteiger partial charge in [-0.3, -0.25) is 9.59 Å². The number of rotatable bonds is 17. The van der Waals surface area contributed by atoms with Crippen molar-refractivity contribution in [3.8, 4) is 0 Å². The number of carboxylic acids is 1. The lowest BCUT2D eigenvalue weighted by Crippen LogP contribution is -2.32. The van der Waals surface area contributed by atoms with Crippen LogP contribution in [0.5, 0.6) is 0 Å². The van der Waals surface area contributed by atoms with Gasteiger partial charge in [0.1, 0.15) is 0 Å². The van der Waals surface area contributed by atoms with Gasteiger partial charge in [-0.05, 0) is 19.3 Å². The van der Waals surface area contributed by atoms with Gasteiger partial charge in [0.15, 0.2) is 0 Å². The van der Waals surface area contributed by atoms with E-state index in [-0.39, 0.29) is 12.3 Å². The van der Waals surface area contributed by atoms with Crippen molar-refractivity contribution in [2.75, 3.05) is 0 Å². The van der Waals surface area contributed by atoms with E-state index in [9.17, 15) is 9.59 Å². The SMILES string of the molecule is CCCCCCCCC[C@H](CCCCCCCC(=O)O)NC(C)=O. The molecule has 0 fully saturated rings. The van der Waals surface area contributed by atoms with Gasteiger partial charge in [-0.1, -0.05) is 77.6 Å². The zero-order valence-corrected chi connectivity index (χ0v) is 15.9. The van der Waals surface area contributed by atoms with Crippen LogP contribution in [-0.4, -0.2) is 23.0 Å². The molecule has 0 aromatic heterocycles. The molecule has 4 heteroatoms. The Morgan fingerprint density at radius 2 is 1.25 bits per heavy atom. The molecule has 0 saturated carbocycles. The van der Waals surface area contributed by atoms with Gasteiger partial charge in [-0.15, -0.1) is 0 Å². The molecule has 0 aliphatic rings. The van der Waals surface area contributed by atoms with E-state index in [2.05, 4.69) is 12.2 Å². The Kier molecular flexibility index (Phi) is 16.0. The highest BCUT2D eigenvalue weighted by molar-refractivity contribution is 5.73. The summed E-state index contributed by atoms with van der Waals surface area (Å²) in [5.41, 5.74) is 0. The molecular formula is C20H39NO3. The predicted molar refractivity (Wildman–Crippen MR) is 100 cm³/mol. The van der Waals surface area contributed by atoms with Gasteiger partial charge >= 0.3 is 5.97 Å². The van der Waals surface area contributed by atoms with E-state index in [0.717, 1.165) is 44.9 Å². The number of amides is 1. The number of unbranched alkanes of at least 4 members (excludes halogenated alkanes) is 10. The Hall–Kier alpha value is -1.06. The molecule has 0 saturated heterocycles. The van der Waals surface area contributed by atoms with Crippen LogP contribution in [0.4, 0.5) is 0 Å². The minimum absolute atomic E-state index is 0.0735. The molecule has 0 aromatic carbocycles. The monoisotopic (exact) mass is 341 g/mol. The molecule has 2 N–H and O–H groups in total. The highest BCUT2D eigenvalue weighted by atomic mass is 16.4. The standard InChI is InChI=1S/C20H39NO3/c1-3-4-5-6-7-9-12-15-19(21-18(2)22)16-13-10-8-11-14-17-20(23)24/h19H,3-17H2,1-2H3,(H,21,22)(H,23,24)/t19-/m1/s1. The molecule has 4 nitrogen and oxygen atoms in total. The molecule has 0 rings (SSSR count). The van der Waals surface area contributed by atoms with Crippen LogP contribution in [0.3, 0.4) is 0 Å². The second-order valence-corrected chi connectivity index (χ2v) is 7.01. The van der Waals surface area contributed by atoms with Gasteiger partial charge in [0.05, 0.1) is 0 Å². The van der Waals surface area contributed by atoms with E-state index < -0.39 is 5.97 Å². The smallest absolute Gasteiger partial charge is 0.303 e. The fourth-order valence-electron chi connectivity index (χ4n) is 3.12. The lowest BCUT2D eigenvalue weighted by atomic mass is 10.00. The quantitative estimate of drug-likeness (QED) is 0.346. The van der Waals surface area contributed by atoms with Crippen molar-refractivity contribution in [1.29, 1.82) is 0 Å². The summed E-state index contributed by atoms with van der Waals surface area (Å²) in [5.74, 6) is -0.625. The lowest BCUT2D eigenvalue weighted by Gasteiger charge is -2.17. The Morgan fingerprint density at radius 3 is 1.71 bits per heavy atom. The van der Waals surface area contributed by atoms with E-state index in [1.165, 1.54) is 44.9 Å². The van der Waals surface area contributed by atoms with Gasteiger partial charge in [0.2, 0.25) is 5.91 Å². The number of hydrogen-bond donors (Lipinski definition) is 2. The summed E-state index contributed by atoms with van der Waals surface area (Å²) in [5, 5.41) is 11.7. The Morgan fingerprint density at radius 1 is 0.792 bits per heavy atom. The highest BCUT2D eigenvalue weighted by Gasteiger charge is 2.09. The molecule has 1 amide bonds. The number of carboxylic acid groups (broad SMARTS) is 1. The number of aliphatic carboxylic acids is 1. The third kappa shape index (κ3) is 17.3. The number of hydrogen-bond acceptors (Lipinski definition) is 2. The summed E-state index contributed by atoms with van der Waals surface area (Å²) >= 11 is 0. The zero-order valence-electron chi connectivity index (χ0n) is 15.9. The third-order valence-electron chi connectivity index (χ3n) is 4.51. The average molecular weight is 342 g/mol. The van der Waals surface area contributed by atoms with Crippen LogP contribution in [0, 0.1) is 0 Å². The molecule has 0 bridgehead atoms. The maximum Gasteiger partial charge on any atom is 0.303 e. The summed E-state index contributed by atoms with van der Waals surface area (Å²) < 4.78 is 0. The summed E-state index contributed by atoms with van der Waals surface area (Å²) in [6, 6.07) is 0.317. The summed E-state index contributed by atoms with van der Waals surface area (Å²) in [6.45, 7) is 3.84. The van der Waals surface area contributed by atoms with Gasteiger partial charge < -0.3 is 10.4 Å². The molecule has 0 spiro atoms. The van der Waals surface area contributed by atoms with Crippen LogP contribution in [0.15, 0.2) is 0 Å². The normalized spacial score (nSPS) is 12.1. The maximum absolute atomic E-state index is 11.3. The van der Waals surface area contributed by atoms with E-state index in [1.807, 2.05) is 0 Å². The molecule has 1 atom stereocenters. The molecule has 142 valence electrons. The summed E-state index contributed by atoms with van der Waals surface area (Å²) in [4.78, 5) is 21.8. The van der Waals surface area contributed by atoms with Crippen molar-refractivity contribution in [3.05, 3.63) is 0 Å². The fourth-order valence-corrected chi connectivity index (χ4v) is 3.12. The van der Waals surface area contributed by atoms with Crippen LogP contribution >= 0.6 is 0 Å². The Balaban J connectivity index is 3.66. The molecule has 0 radical (unpaired) electrons. The van der Waals surface area contributed by atoms with Gasteiger partial charge in [0, 0.05) is 19.4 Å². The topological polar surface area (TPSA) is 66.4 Å². The third-order valence-corrected chi connectivity index (χ3v) is 4.51. The molecule has 0 aromatic rings. The van der Waals surface area contributed by atoms with Crippen LogP contribution < -0.4 is 5.32 Å². The number of carbonyl (C=O) groups excluding carboxylic acids is 1. The largest absolute Gasteiger partial charge is 0.481 e. The first-order valence-corrected chi connectivity index (χ1v) is 10.0. The number of nitrogens with one attached hydrogen (secondary N) is 1. The molecule has 0 aliphatic carbocycles. The van der Waals surface area contributed by atoms with Crippen molar-refractivity contribution >= 4 is 11.9 Å². The van der Waals surface area contributed by atoms with Crippen molar-refractivity contribution < 1.29 is 14.7 Å². The Labute approximate surface area is 148 Å². The van der Waals surface area contributed by atoms with Crippen LogP contribution in [-0.2, 0) is 9.59 Å². The van der Waals surface area contributed by atoms with Crippen LogP contribution in [0.2, 0.25) is 0 Å². The van der Waals surface area contributed by atoms with Crippen molar-refractivity contribution in [3.63, 3.8) is 0 Å². The molecule has 0 heterocycles. The lowest BCUT2D eigenvalue weighted by molar-refractivity contribution is -0.137. The first-order valence-electron chi connectivity index (χ1n) is 10.0. The van der Waals surface area contributed by atoms with E-state index >= 15 is 0 Å². The van der Waals surface area contributed by atoms with E-state index in [0.29, 0.717) is 6.04 Å². The van der Waals surface area contributed by atoms with Crippen LogP contribution in [0.1, 0.15) is 110 Å². The minimum atomic E-state index is -0.699. The van der Waals surface area contributed by atoms with E-state index in [1.54, 1.807) is 6.92 Å². The molecule has 24 heavy (non-hydrogen) atoms. The summed E-state index contributed by atoms with van der Waals surface area (Å²) in [7, 11) is 0. The van der Waals surface area contributed by atoms with Gasteiger partial charge in [-0.25, -0.2) is 0 Å². The Bertz CT molecular complexity index is 318. The average Bonchev–Trinajstić information content (AvgIpc) is 2.52. The minimum Gasteiger partial charge on any atom is -0.481 e. The van der Waals surface area contributed by atoms with E-state index in [4.69, 9.17) is 5.11 Å².